The third-order valence-electron chi connectivity index (χ3n) is 4.11. The molecule has 1 atom stereocenters. The number of rotatable bonds is 6. The molecule has 2 rings (SSSR count). The van der Waals surface area contributed by atoms with Crippen molar-refractivity contribution in [1.82, 2.24) is 4.90 Å². The summed E-state index contributed by atoms with van der Waals surface area (Å²) >= 11 is 0. The van der Waals surface area contributed by atoms with Crippen molar-refractivity contribution in [3.8, 4) is 0 Å². The predicted octanol–water partition coefficient (Wildman–Crippen LogP) is 1.56. The monoisotopic (exact) mass is 304 g/mol. The van der Waals surface area contributed by atoms with Gasteiger partial charge in [-0.05, 0) is 18.4 Å². The highest BCUT2D eigenvalue weighted by molar-refractivity contribution is 5.80. The summed E-state index contributed by atoms with van der Waals surface area (Å²) in [5, 5.41) is 0. The Bertz CT molecular complexity index is 496. The van der Waals surface area contributed by atoms with E-state index in [2.05, 4.69) is 0 Å². The van der Waals surface area contributed by atoms with E-state index >= 15 is 0 Å². The molecule has 120 valence electrons. The van der Waals surface area contributed by atoms with Gasteiger partial charge in [0.2, 0.25) is 11.8 Å². The Labute approximate surface area is 131 Å². The van der Waals surface area contributed by atoms with Crippen LogP contribution in [0, 0.1) is 11.8 Å². The molecule has 0 saturated carbocycles. The van der Waals surface area contributed by atoms with Crippen LogP contribution in [0.3, 0.4) is 0 Å². The van der Waals surface area contributed by atoms with E-state index < -0.39 is 0 Å². The molecule has 5 heteroatoms. The molecule has 1 aromatic rings. The van der Waals surface area contributed by atoms with Crippen LogP contribution >= 0.6 is 0 Å². The lowest BCUT2D eigenvalue weighted by molar-refractivity contribution is -0.140. The normalized spacial score (nSPS) is 17.2. The number of primary amides is 1. The first-order valence-electron chi connectivity index (χ1n) is 7.77. The second-order valence-electron chi connectivity index (χ2n) is 5.90. The summed E-state index contributed by atoms with van der Waals surface area (Å²) in [5.74, 6) is -0.426. The SMILES string of the molecule is CC(COCc1ccccc1)C(=O)N1CCC(C(N)=O)CC1. The molecule has 5 nitrogen and oxygen atoms in total. The van der Waals surface area contributed by atoms with Crippen molar-refractivity contribution >= 4 is 11.8 Å². The van der Waals surface area contributed by atoms with Crippen LogP contribution in [-0.2, 0) is 20.9 Å². The van der Waals surface area contributed by atoms with Crippen molar-refractivity contribution in [2.24, 2.45) is 17.6 Å². The molecule has 1 aliphatic rings. The van der Waals surface area contributed by atoms with Gasteiger partial charge in [0, 0.05) is 19.0 Å². The molecule has 0 aromatic heterocycles. The second-order valence-corrected chi connectivity index (χ2v) is 5.90. The predicted molar refractivity (Wildman–Crippen MR) is 83.8 cm³/mol. The van der Waals surface area contributed by atoms with E-state index in [9.17, 15) is 9.59 Å². The Morgan fingerprint density at radius 2 is 1.91 bits per heavy atom. The summed E-state index contributed by atoms with van der Waals surface area (Å²) in [7, 11) is 0. The fourth-order valence-corrected chi connectivity index (χ4v) is 2.70. The molecule has 1 saturated heterocycles. The number of benzene rings is 1. The summed E-state index contributed by atoms with van der Waals surface area (Å²) in [6, 6.07) is 9.90. The molecular weight excluding hydrogens is 280 g/mol. The molecule has 1 fully saturated rings. The topological polar surface area (TPSA) is 72.6 Å². The first kappa shape index (κ1) is 16.5. The largest absolute Gasteiger partial charge is 0.376 e. The number of carbonyl (C=O) groups excluding carboxylic acids is 2. The number of hydrogen-bond acceptors (Lipinski definition) is 3. The molecule has 1 unspecified atom stereocenters. The molecule has 2 amide bonds. The molecule has 1 heterocycles. The van der Waals surface area contributed by atoms with E-state index in [-0.39, 0.29) is 23.7 Å². The summed E-state index contributed by atoms with van der Waals surface area (Å²) in [4.78, 5) is 25.3. The smallest absolute Gasteiger partial charge is 0.227 e. The maximum atomic E-state index is 12.3. The third-order valence-corrected chi connectivity index (χ3v) is 4.11. The number of nitrogens with zero attached hydrogens (tertiary/aromatic N) is 1. The first-order chi connectivity index (χ1) is 10.6. The molecule has 0 spiro atoms. The van der Waals surface area contributed by atoms with E-state index in [0.717, 1.165) is 5.56 Å². The molecule has 22 heavy (non-hydrogen) atoms. The lowest BCUT2D eigenvalue weighted by Crippen LogP contribution is -2.44. The molecule has 0 radical (unpaired) electrons. The molecule has 1 aliphatic heterocycles. The van der Waals surface area contributed by atoms with Gasteiger partial charge in [0.15, 0.2) is 0 Å². The van der Waals surface area contributed by atoms with E-state index in [1.165, 1.54) is 0 Å². The second kappa shape index (κ2) is 7.94. The van der Waals surface area contributed by atoms with Crippen LogP contribution in [0.1, 0.15) is 25.3 Å². The van der Waals surface area contributed by atoms with Crippen molar-refractivity contribution in [2.75, 3.05) is 19.7 Å². The van der Waals surface area contributed by atoms with Crippen LogP contribution in [0.4, 0.5) is 0 Å². The van der Waals surface area contributed by atoms with Gasteiger partial charge in [0.1, 0.15) is 0 Å². The minimum Gasteiger partial charge on any atom is -0.376 e. The minimum atomic E-state index is -0.258. The highest BCUT2D eigenvalue weighted by Crippen LogP contribution is 2.18. The summed E-state index contributed by atoms with van der Waals surface area (Å²) in [5.41, 5.74) is 6.41. The van der Waals surface area contributed by atoms with Gasteiger partial charge in [0.25, 0.3) is 0 Å². The number of piperidine rings is 1. The Morgan fingerprint density at radius 1 is 1.27 bits per heavy atom. The Balaban J connectivity index is 1.72. The Kier molecular flexibility index (Phi) is 5.95. The van der Waals surface area contributed by atoms with Crippen LogP contribution in [0.15, 0.2) is 30.3 Å². The lowest BCUT2D eigenvalue weighted by atomic mass is 9.95. The number of likely N-dealkylation sites (tertiary alicyclic amines) is 1. The summed E-state index contributed by atoms with van der Waals surface area (Å²) in [6.07, 6.45) is 1.33. The maximum absolute atomic E-state index is 12.3. The van der Waals surface area contributed by atoms with E-state index in [0.29, 0.717) is 39.1 Å². The third kappa shape index (κ3) is 4.56. The highest BCUT2D eigenvalue weighted by Gasteiger charge is 2.28. The van der Waals surface area contributed by atoms with Crippen LogP contribution in [0.5, 0.6) is 0 Å². The van der Waals surface area contributed by atoms with Crippen molar-refractivity contribution in [2.45, 2.75) is 26.4 Å². The number of ether oxygens (including phenoxy) is 1. The van der Waals surface area contributed by atoms with Gasteiger partial charge >= 0.3 is 0 Å². The lowest BCUT2D eigenvalue weighted by Gasteiger charge is -2.32. The average molecular weight is 304 g/mol. The average Bonchev–Trinajstić information content (AvgIpc) is 2.55. The summed E-state index contributed by atoms with van der Waals surface area (Å²) in [6.45, 7) is 4.02. The fraction of sp³-hybridized carbons (Fsp3) is 0.529. The minimum absolute atomic E-state index is 0.0892. The standard InChI is InChI=1S/C17H24N2O3/c1-13(11-22-12-14-5-3-2-4-6-14)17(21)19-9-7-15(8-10-19)16(18)20/h2-6,13,15H,7-12H2,1H3,(H2,18,20). The Morgan fingerprint density at radius 3 is 2.50 bits per heavy atom. The zero-order valence-electron chi connectivity index (χ0n) is 13.0. The summed E-state index contributed by atoms with van der Waals surface area (Å²) < 4.78 is 5.63. The van der Waals surface area contributed by atoms with Crippen LogP contribution < -0.4 is 5.73 Å². The number of nitrogens with two attached hydrogens (primary N) is 1. The zero-order valence-corrected chi connectivity index (χ0v) is 13.0. The van der Waals surface area contributed by atoms with Gasteiger partial charge in [-0.25, -0.2) is 0 Å². The van der Waals surface area contributed by atoms with Gasteiger partial charge in [-0.2, -0.15) is 0 Å². The van der Waals surface area contributed by atoms with Gasteiger partial charge in [-0.15, -0.1) is 0 Å². The number of carbonyl (C=O) groups is 2. The number of amides is 2. The highest BCUT2D eigenvalue weighted by atomic mass is 16.5. The van der Waals surface area contributed by atoms with Crippen molar-refractivity contribution < 1.29 is 14.3 Å². The van der Waals surface area contributed by atoms with Crippen LogP contribution in [-0.4, -0.2) is 36.4 Å². The van der Waals surface area contributed by atoms with E-state index in [1.54, 1.807) is 0 Å². The van der Waals surface area contributed by atoms with Crippen LogP contribution in [0.2, 0.25) is 0 Å². The van der Waals surface area contributed by atoms with E-state index in [1.807, 2.05) is 42.2 Å². The zero-order chi connectivity index (χ0) is 15.9. The van der Waals surface area contributed by atoms with Gasteiger partial charge < -0.3 is 15.4 Å². The fourth-order valence-electron chi connectivity index (χ4n) is 2.70. The molecular formula is C17H24N2O3. The van der Waals surface area contributed by atoms with Crippen molar-refractivity contribution in [3.63, 3.8) is 0 Å². The van der Waals surface area contributed by atoms with Gasteiger partial charge in [-0.1, -0.05) is 37.3 Å². The molecule has 0 aliphatic carbocycles. The Hall–Kier alpha value is -1.88. The number of hydrogen-bond donors (Lipinski definition) is 1. The molecule has 2 N–H and O–H groups in total. The first-order valence-corrected chi connectivity index (χ1v) is 7.77. The van der Waals surface area contributed by atoms with Crippen molar-refractivity contribution in [1.29, 1.82) is 0 Å². The molecule has 0 bridgehead atoms. The molecule has 1 aromatic carbocycles. The quantitative estimate of drug-likeness (QED) is 0.867. The van der Waals surface area contributed by atoms with Gasteiger partial charge in [-0.3, -0.25) is 9.59 Å². The van der Waals surface area contributed by atoms with Crippen LogP contribution in [0.25, 0.3) is 0 Å². The maximum Gasteiger partial charge on any atom is 0.227 e. The van der Waals surface area contributed by atoms with Crippen molar-refractivity contribution in [3.05, 3.63) is 35.9 Å². The van der Waals surface area contributed by atoms with E-state index in [4.69, 9.17) is 10.5 Å². The van der Waals surface area contributed by atoms with Gasteiger partial charge in [0.05, 0.1) is 19.1 Å².